The lowest BCUT2D eigenvalue weighted by Gasteiger charge is -2.07. The van der Waals surface area contributed by atoms with Crippen LogP contribution in [-0.2, 0) is 6.54 Å². The molecule has 0 radical (unpaired) electrons. The van der Waals surface area contributed by atoms with Crippen LogP contribution in [0.15, 0.2) is 36.8 Å². The fraction of sp³-hybridized carbons (Fsp3) is 0.308. The van der Waals surface area contributed by atoms with Gasteiger partial charge in [0.25, 0.3) is 0 Å². The van der Waals surface area contributed by atoms with E-state index in [1.807, 2.05) is 35.2 Å². The van der Waals surface area contributed by atoms with Crippen molar-refractivity contribution in [1.29, 1.82) is 0 Å². The van der Waals surface area contributed by atoms with Crippen molar-refractivity contribution < 1.29 is 9.84 Å². The van der Waals surface area contributed by atoms with Crippen LogP contribution in [-0.4, -0.2) is 21.8 Å². The van der Waals surface area contributed by atoms with E-state index in [2.05, 4.69) is 4.98 Å². The molecule has 0 saturated heterocycles. The van der Waals surface area contributed by atoms with Crippen molar-refractivity contribution in [3.63, 3.8) is 0 Å². The normalized spacial score (nSPS) is 12.4. The van der Waals surface area contributed by atoms with Crippen LogP contribution in [0.5, 0.6) is 5.88 Å². The van der Waals surface area contributed by atoms with E-state index < -0.39 is 6.10 Å². The molecule has 0 aromatic carbocycles. The van der Waals surface area contributed by atoms with Crippen LogP contribution in [0.2, 0.25) is 0 Å². The van der Waals surface area contributed by atoms with Gasteiger partial charge >= 0.3 is 0 Å². The Morgan fingerprint density at radius 1 is 1.47 bits per heavy atom. The molecule has 17 heavy (non-hydrogen) atoms. The first-order valence-corrected chi connectivity index (χ1v) is 5.52. The zero-order valence-electron chi connectivity index (χ0n) is 10.00. The van der Waals surface area contributed by atoms with Gasteiger partial charge in [-0.25, -0.2) is 4.98 Å². The number of hydrogen-bond donors (Lipinski definition) is 1. The van der Waals surface area contributed by atoms with Gasteiger partial charge in [-0.15, -0.1) is 0 Å². The van der Waals surface area contributed by atoms with E-state index in [0.717, 1.165) is 11.1 Å². The number of aromatic nitrogens is 2. The van der Waals surface area contributed by atoms with Gasteiger partial charge in [-0.05, 0) is 24.6 Å². The standard InChI is InChI=1S/C13H16N2O2/c1-10(16)11-5-7-15(8-11)9-12-4-3-6-14-13(12)17-2/h3-8,10,16H,9H2,1-2H3. The Morgan fingerprint density at radius 2 is 2.29 bits per heavy atom. The summed E-state index contributed by atoms with van der Waals surface area (Å²) in [6, 6.07) is 5.78. The summed E-state index contributed by atoms with van der Waals surface area (Å²) < 4.78 is 7.20. The van der Waals surface area contributed by atoms with Gasteiger partial charge < -0.3 is 14.4 Å². The average Bonchev–Trinajstić information content (AvgIpc) is 2.78. The highest BCUT2D eigenvalue weighted by Gasteiger charge is 2.06. The monoisotopic (exact) mass is 232 g/mol. The Kier molecular flexibility index (Phi) is 3.44. The van der Waals surface area contributed by atoms with Crippen molar-refractivity contribution in [2.45, 2.75) is 19.6 Å². The van der Waals surface area contributed by atoms with E-state index in [1.54, 1.807) is 20.2 Å². The minimum Gasteiger partial charge on any atom is -0.481 e. The summed E-state index contributed by atoms with van der Waals surface area (Å²) in [5.41, 5.74) is 1.93. The van der Waals surface area contributed by atoms with Crippen LogP contribution in [0.25, 0.3) is 0 Å². The van der Waals surface area contributed by atoms with Crippen molar-refractivity contribution in [2.24, 2.45) is 0 Å². The largest absolute Gasteiger partial charge is 0.481 e. The maximum atomic E-state index is 9.45. The van der Waals surface area contributed by atoms with E-state index in [-0.39, 0.29) is 0 Å². The van der Waals surface area contributed by atoms with E-state index in [1.165, 1.54) is 0 Å². The molecular weight excluding hydrogens is 216 g/mol. The first kappa shape index (κ1) is 11.7. The quantitative estimate of drug-likeness (QED) is 0.877. The third kappa shape index (κ3) is 2.65. The third-order valence-corrected chi connectivity index (χ3v) is 2.65. The molecule has 4 heteroatoms. The summed E-state index contributed by atoms with van der Waals surface area (Å²) in [6.45, 7) is 2.44. The van der Waals surface area contributed by atoms with E-state index in [0.29, 0.717) is 12.4 Å². The second-order valence-corrected chi connectivity index (χ2v) is 3.96. The highest BCUT2D eigenvalue weighted by Crippen LogP contribution is 2.17. The molecule has 0 spiro atoms. The predicted molar refractivity (Wildman–Crippen MR) is 65.0 cm³/mol. The lowest BCUT2D eigenvalue weighted by Crippen LogP contribution is -2.01. The third-order valence-electron chi connectivity index (χ3n) is 2.65. The molecule has 0 aliphatic rings. The topological polar surface area (TPSA) is 47.3 Å². The molecule has 1 N–H and O–H groups in total. The summed E-state index contributed by atoms with van der Waals surface area (Å²) in [6.07, 6.45) is 5.14. The molecule has 0 saturated carbocycles. The van der Waals surface area contributed by atoms with Crippen molar-refractivity contribution in [3.8, 4) is 5.88 Å². The van der Waals surface area contributed by atoms with Crippen LogP contribution < -0.4 is 4.74 Å². The smallest absolute Gasteiger partial charge is 0.218 e. The first-order chi connectivity index (χ1) is 8.20. The Bertz CT molecular complexity index is 492. The molecular formula is C13H16N2O2. The molecule has 1 atom stereocenters. The predicted octanol–water partition coefficient (Wildman–Crippen LogP) is 1.99. The van der Waals surface area contributed by atoms with Gasteiger partial charge in [-0.3, -0.25) is 0 Å². The van der Waals surface area contributed by atoms with Crippen molar-refractivity contribution in [2.75, 3.05) is 7.11 Å². The van der Waals surface area contributed by atoms with Crippen molar-refractivity contribution in [3.05, 3.63) is 47.9 Å². The van der Waals surface area contributed by atoms with Crippen molar-refractivity contribution >= 4 is 0 Å². The van der Waals surface area contributed by atoms with Crippen LogP contribution in [0.1, 0.15) is 24.2 Å². The number of nitrogens with zero attached hydrogens (tertiary/aromatic N) is 2. The number of aliphatic hydroxyl groups is 1. The van der Waals surface area contributed by atoms with E-state index in [9.17, 15) is 5.11 Å². The van der Waals surface area contributed by atoms with Gasteiger partial charge in [-0.2, -0.15) is 0 Å². The number of pyridine rings is 1. The molecule has 0 amide bonds. The molecule has 4 nitrogen and oxygen atoms in total. The fourth-order valence-electron chi connectivity index (χ4n) is 1.73. The zero-order valence-corrected chi connectivity index (χ0v) is 10.00. The lowest BCUT2D eigenvalue weighted by atomic mass is 10.2. The van der Waals surface area contributed by atoms with E-state index in [4.69, 9.17) is 4.74 Å². The number of rotatable bonds is 4. The van der Waals surface area contributed by atoms with E-state index >= 15 is 0 Å². The Morgan fingerprint density at radius 3 is 2.94 bits per heavy atom. The minimum absolute atomic E-state index is 0.438. The lowest BCUT2D eigenvalue weighted by molar-refractivity contribution is 0.199. The van der Waals surface area contributed by atoms with Gasteiger partial charge in [0.1, 0.15) is 0 Å². The van der Waals surface area contributed by atoms with Crippen LogP contribution in [0.4, 0.5) is 0 Å². The molecule has 90 valence electrons. The molecule has 0 aliphatic heterocycles. The molecule has 2 aromatic heterocycles. The van der Waals surface area contributed by atoms with Gasteiger partial charge in [0.05, 0.1) is 19.8 Å². The van der Waals surface area contributed by atoms with Gasteiger partial charge in [-0.1, -0.05) is 6.07 Å². The Balaban J connectivity index is 2.19. The molecule has 0 aliphatic carbocycles. The molecule has 2 rings (SSSR count). The maximum Gasteiger partial charge on any atom is 0.218 e. The molecule has 2 aromatic rings. The molecule has 2 heterocycles. The summed E-state index contributed by atoms with van der Waals surface area (Å²) in [7, 11) is 1.61. The highest BCUT2D eigenvalue weighted by molar-refractivity contribution is 5.26. The maximum absolute atomic E-state index is 9.45. The van der Waals surface area contributed by atoms with Gasteiger partial charge in [0.2, 0.25) is 5.88 Å². The minimum atomic E-state index is -0.438. The average molecular weight is 232 g/mol. The Labute approximate surface area is 100 Å². The molecule has 0 fully saturated rings. The fourth-order valence-corrected chi connectivity index (χ4v) is 1.73. The van der Waals surface area contributed by atoms with Crippen LogP contribution in [0, 0.1) is 0 Å². The van der Waals surface area contributed by atoms with Crippen LogP contribution >= 0.6 is 0 Å². The second-order valence-electron chi connectivity index (χ2n) is 3.96. The summed E-state index contributed by atoms with van der Waals surface area (Å²) in [5, 5.41) is 9.45. The number of hydrogen-bond acceptors (Lipinski definition) is 3. The van der Waals surface area contributed by atoms with Crippen molar-refractivity contribution in [1.82, 2.24) is 9.55 Å². The number of aliphatic hydroxyl groups excluding tert-OH is 1. The van der Waals surface area contributed by atoms with Gasteiger partial charge in [0.15, 0.2) is 0 Å². The highest BCUT2D eigenvalue weighted by atomic mass is 16.5. The second kappa shape index (κ2) is 5.01. The zero-order chi connectivity index (χ0) is 12.3. The van der Waals surface area contributed by atoms with Crippen LogP contribution in [0.3, 0.4) is 0 Å². The number of ether oxygens (including phenoxy) is 1. The first-order valence-electron chi connectivity index (χ1n) is 5.52. The SMILES string of the molecule is COc1ncccc1Cn1ccc(C(C)O)c1. The number of methoxy groups -OCH3 is 1. The summed E-state index contributed by atoms with van der Waals surface area (Å²) >= 11 is 0. The molecule has 0 bridgehead atoms. The Hall–Kier alpha value is -1.81. The summed E-state index contributed by atoms with van der Waals surface area (Å²) in [5.74, 6) is 0.639. The molecule has 1 unspecified atom stereocenters. The summed E-state index contributed by atoms with van der Waals surface area (Å²) in [4.78, 5) is 4.15. The van der Waals surface area contributed by atoms with Gasteiger partial charge in [0, 0.05) is 24.2 Å².